The minimum atomic E-state index is -0.404. The molecule has 1 atom stereocenters. The summed E-state index contributed by atoms with van der Waals surface area (Å²) in [6, 6.07) is 6.55. The summed E-state index contributed by atoms with van der Waals surface area (Å²) in [5.41, 5.74) is 1.15. The SMILES string of the molecule is O=C1NCCCC1CCc1ccc([N+](=O)[O-])cc1. The van der Waals surface area contributed by atoms with E-state index in [4.69, 9.17) is 0 Å². The smallest absolute Gasteiger partial charge is 0.269 e. The van der Waals surface area contributed by atoms with Crippen molar-refractivity contribution in [1.29, 1.82) is 0 Å². The molecule has 18 heavy (non-hydrogen) atoms. The van der Waals surface area contributed by atoms with Crippen LogP contribution in [0.2, 0.25) is 0 Å². The molecule has 0 saturated carbocycles. The molecule has 1 unspecified atom stereocenters. The summed E-state index contributed by atoms with van der Waals surface area (Å²) >= 11 is 0. The molecule has 1 amide bonds. The molecule has 1 aromatic carbocycles. The van der Waals surface area contributed by atoms with Crippen molar-refractivity contribution in [2.75, 3.05) is 6.54 Å². The molecule has 1 heterocycles. The Kier molecular flexibility index (Phi) is 3.92. The first-order valence-electron chi connectivity index (χ1n) is 6.18. The number of carbonyl (C=O) groups is 1. The average molecular weight is 248 g/mol. The highest BCUT2D eigenvalue weighted by Gasteiger charge is 2.21. The lowest BCUT2D eigenvalue weighted by molar-refractivity contribution is -0.384. The highest BCUT2D eigenvalue weighted by Crippen LogP contribution is 2.19. The standard InChI is InChI=1S/C13H16N2O3/c16-13-11(2-1-9-14-13)6-3-10-4-7-12(8-5-10)15(17)18/h4-5,7-8,11H,1-3,6,9H2,(H,14,16). The minimum absolute atomic E-state index is 0.0916. The van der Waals surface area contributed by atoms with Gasteiger partial charge in [-0.05, 0) is 31.2 Å². The number of benzene rings is 1. The molecule has 0 aliphatic carbocycles. The molecule has 2 rings (SSSR count). The number of hydrogen-bond acceptors (Lipinski definition) is 3. The second-order valence-electron chi connectivity index (χ2n) is 4.59. The van der Waals surface area contributed by atoms with Crippen LogP contribution in [0.1, 0.15) is 24.8 Å². The topological polar surface area (TPSA) is 72.2 Å². The van der Waals surface area contributed by atoms with Crippen LogP contribution in [0.25, 0.3) is 0 Å². The van der Waals surface area contributed by atoms with Gasteiger partial charge in [0.2, 0.25) is 5.91 Å². The summed E-state index contributed by atoms with van der Waals surface area (Å²) in [6.45, 7) is 0.785. The number of non-ortho nitro benzene ring substituents is 1. The van der Waals surface area contributed by atoms with Gasteiger partial charge in [-0.2, -0.15) is 0 Å². The van der Waals surface area contributed by atoms with E-state index in [9.17, 15) is 14.9 Å². The first-order valence-corrected chi connectivity index (χ1v) is 6.18. The molecule has 1 aliphatic rings. The van der Waals surface area contributed by atoms with Gasteiger partial charge in [0.05, 0.1) is 4.92 Å². The zero-order valence-electron chi connectivity index (χ0n) is 10.1. The van der Waals surface area contributed by atoms with E-state index in [0.29, 0.717) is 0 Å². The summed E-state index contributed by atoms with van der Waals surface area (Å²) < 4.78 is 0. The Balaban J connectivity index is 1.89. The molecule has 0 aromatic heterocycles. The van der Waals surface area contributed by atoms with Crippen LogP contribution in [0.3, 0.4) is 0 Å². The van der Waals surface area contributed by atoms with Crippen molar-refractivity contribution in [1.82, 2.24) is 5.32 Å². The second kappa shape index (κ2) is 5.62. The number of carbonyl (C=O) groups excluding carboxylic acids is 1. The fourth-order valence-corrected chi connectivity index (χ4v) is 2.24. The van der Waals surface area contributed by atoms with Crippen molar-refractivity contribution < 1.29 is 9.72 Å². The fourth-order valence-electron chi connectivity index (χ4n) is 2.24. The molecule has 96 valence electrons. The molecule has 1 aliphatic heterocycles. The van der Waals surface area contributed by atoms with Crippen LogP contribution in [0.15, 0.2) is 24.3 Å². The Hall–Kier alpha value is -1.91. The van der Waals surface area contributed by atoms with E-state index in [0.717, 1.165) is 37.8 Å². The number of aryl methyl sites for hydroxylation is 1. The maximum Gasteiger partial charge on any atom is 0.269 e. The van der Waals surface area contributed by atoms with Crippen LogP contribution in [0.4, 0.5) is 5.69 Å². The summed E-state index contributed by atoms with van der Waals surface area (Å²) in [5.74, 6) is 0.233. The highest BCUT2D eigenvalue weighted by atomic mass is 16.6. The Labute approximate surface area is 105 Å². The number of nitrogens with zero attached hydrogens (tertiary/aromatic N) is 1. The normalized spacial score (nSPS) is 19.3. The maximum atomic E-state index is 11.6. The summed E-state index contributed by atoms with van der Waals surface area (Å²) in [5, 5.41) is 13.4. The van der Waals surface area contributed by atoms with E-state index in [1.165, 1.54) is 12.1 Å². The largest absolute Gasteiger partial charge is 0.356 e. The number of nitro benzene ring substituents is 1. The van der Waals surface area contributed by atoms with Gasteiger partial charge in [-0.15, -0.1) is 0 Å². The van der Waals surface area contributed by atoms with Crippen molar-refractivity contribution in [2.45, 2.75) is 25.7 Å². The van der Waals surface area contributed by atoms with E-state index in [1.54, 1.807) is 12.1 Å². The van der Waals surface area contributed by atoms with Gasteiger partial charge in [0, 0.05) is 24.6 Å². The molecule has 1 saturated heterocycles. The van der Waals surface area contributed by atoms with Gasteiger partial charge in [-0.1, -0.05) is 12.1 Å². The van der Waals surface area contributed by atoms with Crippen LogP contribution >= 0.6 is 0 Å². The van der Waals surface area contributed by atoms with Crippen LogP contribution in [-0.2, 0) is 11.2 Å². The zero-order valence-corrected chi connectivity index (χ0v) is 10.1. The number of amides is 1. The number of piperidine rings is 1. The number of rotatable bonds is 4. The molecular formula is C13H16N2O3. The summed E-state index contributed by atoms with van der Waals surface area (Å²) in [7, 11) is 0. The number of nitro groups is 1. The van der Waals surface area contributed by atoms with Crippen molar-refractivity contribution in [3.05, 3.63) is 39.9 Å². The molecule has 0 spiro atoms. The molecular weight excluding hydrogens is 232 g/mol. The summed E-state index contributed by atoms with van der Waals surface area (Å²) in [6.07, 6.45) is 3.58. The lowest BCUT2D eigenvalue weighted by Crippen LogP contribution is -2.36. The maximum absolute atomic E-state index is 11.6. The van der Waals surface area contributed by atoms with Gasteiger partial charge in [0.1, 0.15) is 0 Å². The third-order valence-corrected chi connectivity index (χ3v) is 3.33. The van der Waals surface area contributed by atoms with E-state index in [2.05, 4.69) is 5.32 Å². The third kappa shape index (κ3) is 3.06. The molecule has 1 fully saturated rings. The molecule has 5 nitrogen and oxygen atoms in total. The van der Waals surface area contributed by atoms with Crippen molar-refractivity contribution in [2.24, 2.45) is 5.92 Å². The van der Waals surface area contributed by atoms with Crippen molar-refractivity contribution in [3.63, 3.8) is 0 Å². The van der Waals surface area contributed by atoms with Crippen molar-refractivity contribution in [3.8, 4) is 0 Å². The van der Waals surface area contributed by atoms with Crippen LogP contribution < -0.4 is 5.32 Å². The second-order valence-corrected chi connectivity index (χ2v) is 4.59. The lowest BCUT2D eigenvalue weighted by atomic mass is 9.92. The lowest BCUT2D eigenvalue weighted by Gasteiger charge is -2.21. The Bertz CT molecular complexity index is 442. The predicted molar refractivity (Wildman–Crippen MR) is 67.2 cm³/mol. The fraction of sp³-hybridized carbons (Fsp3) is 0.462. The predicted octanol–water partition coefficient (Wildman–Crippen LogP) is 2.05. The molecule has 0 radical (unpaired) electrons. The van der Waals surface area contributed by atoms with E-state index < -0.39 is 4.92 Å². The van der Waals surface area contributed by atoms with Crippen LogP contribution in [0.5, 0.6) is 0 Å². The van der Waals surface area contributed by atoms with Gasteiger partial charge < -0.3 is 5.32 Å². The van der Waals surface area contributed by atoms with Gasteiger partial charge >= 0.3 is 0 Å². The van der Waals surface area contributed by atoms with Crippen LogP contribution in [-0.4, -0.2) is 17.4 Å². The minimum Gasteiger partial charge on any atom is -0.356 e. The zero-order chi connectivity index (χ0) is 13.0. The molecule has 1 aromatic rings. The Morgan fingerprint density at radius 3 is 2.67 bits per heavy atom. The van der Waals surface area contributed by atoms with Crippen LogP contribution in [0, 0.1) is 16.0 Å². The number of hydrogen-bond donors (Lipinski definition) is 1. The van der Waals surface area contributed by atoms with Gasteiger partial charge in [0.25, 0.3) is 5.69 Å². The molecule has 0 bridgehead atoms. The van der Waals surface area contributed by atoms with Gasteiger partial charge in [-0.3, -0.25) is 14.9 Å². The van der Waals surface area contributed by atoms with E-state index >= 15 is 0 Å². The van der Waals surface area contributed by atoms with Crippen molar-refractivity contribution >= 4 is 11.6 Å². The average Bonchev–Trinajstić information content (AvgIpc) is 2.38. The van der Waals surface area contributed by atoms with Gasteiger partial charge in [-0.25, -0.2) is 0 Å². The first-order chi connectivity index (χ1) is 8.66. The Morgan fingerprint density at radius 1 is 1.33 bits per heavy atom. The first kappa shape index (κ1) is 12.5. The number of nitrogens with one attached hydrogen (secondary N) is 1. The highest BCUT2D eigenvalue weighted by molar-refractivity contribution is 5.79. The monoisotopic (exact) mass is 248 g/mol. The Morgan fingerprint density at radius 2 is 2.06 bits per heavy atom. The summed E-state index contributed by atoms with van der Waals surface area (Å²) in [4.78, 5) is 21.7. The van der Waals surface area contributed by atoms with E-state index in [1.807, 2.05) is 0 Å². The quantitative estimate of drug-likeness (QED) is 0.654. The van der Waals surface area contributed by atoms with E-state index in [-0.39, 0.29) is 17.5 Å². The molecule has 5 heteroatoms. The molecule has 1 N–H and O–H groups in total. The third-order valence-electron chi connectivity index (χ3n) is 3.33. The van der Waals surface area contributed by atoms with Gasteiger partial charge in [0.15, 0.2) is 0 Å².